The molecule has 0 radical (unpaired) electrons. The minimum Gasteiger partial charge on any atom is -0.459 e. The quantitative estimate of drug-likeness (QED) is 0.283. The molecule has 1 aliphatic rings. The Morgan fingerprint density at radius 2 is 2.24 bits per heavy atom. The first-order chi connectivity index (χ1) is 11.6. The van der Waals surface area contributed by atoms with Crippen molar-refractivity contribution >= 4 is 35.8 Å². The topological polar surface area (TPSA) is 69.9 Å². The Morgan fingerprint density at radius 1 is 1.44 bits per heavy atom. The molecule has 0 aromatic carbocycles. The minimum atomic E-state index is -0.196. The first kappa shape index (κ1) is 21.8. The molecule has 1 aromatic rings. The fraction of sp³-hybridized carbons (Fsp3) is 0.667. The standard InChI is InChI=1S/C18H30N4O2.HI/c1-4-19-18(22-10-7-15(13-22)12-14(2)3)21-9-8-20-17(23)16-6-5-11-24-16;/h5-6,11,14-15H,4,7-10,12-13H2,1-3H3,(H,19,21)(H,20,23);1H. The van der Waals surface area contributed by atoms with Crippen molar-refractivity contribution in [3.8, 4) is 0 Å². The molecule has 0 saturated carbocycles. The maximum atomic E-state index is 11.8. The Morgan fingerprint density at radius 3 is 2.88 bits per heavy atom. The van der Waals surface area contributed by atoms with E-state index >= 15 is 0 Å². The summed E-state index contributed by atoms with van der Waals surface area (Å²) >= 11 is 0. The monoisotopic (exact) mass is 462 g/mol. The first-order valence-corrected chi connectivity index (χ1v) is 8.95. The smallest absolute Gasteiger partial charge is 0.287 e. The van der Waals surface area contributed by atoms with Gasteiger partial charge in [-0.1, -0.05) is 13.8 Å². The predicted octanol–water partition coefficient (Wildman–Crippen LogP) is 2.96. The molecule has 0 bridgehead atoms. The van der Waals surface area contributed by atoms with Gasteiger partial charge in [0.05, 0.1) is 12.8 Å². The minimum absolute atomic E-state index is 0. The molecule has 1 saturated heterocycles. The summed E-state index contributed by atoms with van der Waals surface area (Å²) in [6.07, 6.45) is 4.00. The van der Waals surface area contributed by atoms with Crippen LogP contribution in [0.25, 0.3) is 0 Å². The maximum Gasteiger partial charge on any atom is 0.287 e. The van der Waals surface area contributed by atoms with E-state index in [2.05, 4.69) is 41.3 Å². The summed E-state index contributed by atoms with van der Waals surface area (Å²) in [6.45, 7) is 10.7. The van der Waals surface area contributed by atoms with Crippen LogP contribution in [0.1, 0.15) is 44.2 Å². The average molecular weight is 462 g/mol. The molecule has 2 N–H and O–H groups in total. The highest BCUT2D eigenvalue weighted by Crippen LogP contribution is 2.23. The van der Waals surface area contributed by atoms with Crippen LogP contribution in [-0.4, -0.2) is 49.5 Å². The molecule has 1 unspecified atom stereocenters. The van der Waals surface area contributed by atoms with Crippen LogP contribution in [0.4, 0.5) is 0 Å². The molecule has 1 atom stereocenters. The van der Waals surface area contributed by atoms with Crippen molar-refractivity contribution < 1.29 is 9.21 Å². The number of carbonyl (C=O) groups is 1. The Kier molecular flexibility index (Phi) is 9.92. The summed E-state index contributed by atoms with van der Waals surface area (Å²) in [5.74, 6) is 2.59. The van der Waals surface area contributed by atoms with Crippen molar-refractivity contribution in [2.24, 2.45) is 16.8 Å². The van der Waals surface area contributed by atoms with Crippen molar-refractivity contribution in [1.29, 1.82) is 0 Å². The van der Waals surface area contributed by atoms with E-state index in [1.807, 2.05) is 0 Å². The largest absolute Gasteiger partial charge is 0.459 e. The Bertz CT molecular complexity index is 531. The highest BCUT2D eigenvalue weighted by molar-refractivity contribution is 14.0. The molecular formula is C18H31IN4O2. The van der Waals surface area contributed by atoms with Crippen molar-refractivity contribution in [2.45, 2.75) is 33.6 Å². The summed E-state index contributed by atoms with van der Waals surface area (Å²) in [4.78, 5) is 18.8. The van der Waals surface area contributed by atoms with Gasteiger partial charge in [0.2, 0.25) is 0 Å². The molecule has 142 valence electrons. The zero-order valence-corrected chi connectivity index (χ0v) is 17.8. The summed E-state index contributed by atoms with van der Waals surface area (Å²) in [5, 5.41) is 6.18. The van der Waals surface area contributed by atoms with E-state index in [4.69, 9.17) is 4.42 Å². The maximum absolute atomic E-state index is 11.8. The van der Waals surface area contributed by atoms with Crippen molar-refractivity contribution in [3.05, 3.63) is 24.2 Å². The van der Waals surface area contributed by atoms with Crippen LogP contribution in [0.15, 0.2) is 27.8 Å². The number of nitrogens with zero attached hydrogens (tertiary/aromatic N) is 2. The fourth-order valence-electron chi connectivity index (χ4n) is 3.14. The molecule has 25 heavy (non-hydrogen) atoms. The Labute approximate surface area is 167 Å². The van der Waals surface area contributed by atoms with Crippen LogP contribution in [0.3, 0.4) is 0 Å². The van der Waals surface area contributed by atoms with E-state index in [0.717, 1.165) is 37.4 Å². The number of guanidine groups is 1. The number of hydrogen-bond acceptors (Lipinski definition) is 3. The van der Waals surface area contributed by atoms with Gasteiger partial charge >= 0.3 is 0 Å². The molecular weight excluding hydrogens is 431 g/mol. The third-order valence-corrected chi connectivity index (χ3v) is 4.13. The van der Waals surface area contributed by atoms with E-state index in [9.17, 15) is 4.79 Å². The number of halogens is 1. The van der Waals surface area contributed by atoms with Crippen LogP contribution in [-0.2, 0) is 0 Å². The number of hydrogen-bond donors (Lipinski definition) is 2. The average Bonchev–Trinajstić information content (AvgIpc) is 3.21. The summed E-state index contributed by atoms with van der Waals surface area (Å²) in [5.41, 5.74) is 0. The third kappa shape index (κ3) is 7.25. The Hall–Kier alpha value is -1.25. The van der Waals surface area contributed by atoms with Crippen LogP contribution in [0, 0.1) is 11.8 Å². The number of rotatable bonds is 7. The van der Waals surface area contributed by atoms with Gasteiger partial charge in [0.15, 0.2) is 11.7 Å². The predicted molar refractivity (Wildman–Crippen MR) is 112 cm³/mol. The van der Waals surface area contributed by atoms with E-state index < -0.39 is 0 Å². The van der Waals surface area contributed by atoms with Crippen molar-refractivity contribution in [1.82, 2.24) is 15.5 Å². The third-order valence-electron chi connectivity index (χ3n) is 4.13. The van der Waals surface area contributed by atoms with Crippen LogP contribution in [0.2, 0.25) is 0 Å². The van der Waals surface area contributed by atoms with Gasteiger partial charge in [-0.05, 0) is 43.7 Å². The highest BCUT2D eigenvalue weighted by atomic mass is 127. The first-order valence-electron chi connectivity index (χ1n) is 8.95. The number of aliphatic imine (C=N–C) groups is 1. The Balaban J connectivity index is 0.00000312. The second-order valence-corrected chi connectivity index (χ2v) is 6.70. The number of likely N-dealkylation sites (tertiary alicyclic amines) is 1. The molecule has 1 amide bonds. The van der Waals surface area contributed by atoms with Gasteiger partial charge in [-0.2, -0.15) is 0 Å². The van der Waals surface area contributed by atoms with Gasteiger partial charge in [-0.15, -0.1) is 24.0 Å². The lowest BCUT2D eigenvalue weighted by atomic mass is 9.97. The van der Waals surface area contributed by atoms with Gasteiger partial charge in [-0.25, -0.2) is 0 Å². The number of amides is 1. The molecule has 0 aliphatic carbocycles. The van der Waals surface area contributed by atoms with E-state index in [-0.39, 0.29) is 29.9 Å². The molecule has 0 spiro atoms. The van der Waals surface area contributed by atoms with Crippen LogP contribution >= 0.6 is 24.0 Å². The number of nitrogens with one attached hydrogen (secondary N) is 2. The summed E-state index contributed by atoms with van der Waals surface area (Å²) in [6, 6.07) is 3.36. The number of furan rings is 1. The highest BCUT2D eigenvalue weighted by Gasteiger charge is 2.25. The lowest BCUT2D eigenvalue weighted by Crippen LogP contribution is -2.40. The lowest BCUT2D eigenvalue weighted by molar-refractivity contribution is 0.0927. The molecule has 1 fully saturated rings. The number of carbonyl (C=O) groups excluding carboxylic acids is 1. The zero-order chi connectivity index (χ0) is 17.4. The lowest BCUT2D eigenvalue weighted by Gasteiger charge is -2.22. The molecule has 2 heterocycles. The second kappa shape index (κ2) is 11.4. The van der Waals surface area contributed by atoms with Gasteiger partial charge in [-0.3, -0.25) is 9.79 Å². The molecule has 1 aliphatic heterocycles. The molecule has 1 aromatic heterocycles. The second-order valence-electron chi connectivity index (χ2n) is 6.70. The van der Waals surface area contributed by atoms with Gasteiger partial charge in [0, 0.05) is 26.2 Å². The molecule has 7 heteroatoms. The molecule has 2 rings (SSSR count). The van der Waals surface area contributed by atoms with E-state index in [0.29, 0.717) is 18.8 Å². The van der Waals surface area contributed by atoms with Gasteiger partial charge in [0.1, 0.15) is 0 Å². The van der Waals surface area contributed by atoms with E-state index in [1.165, 1.54) is 19.1 Å². The molecule has 6 nitrogen and oxygen atoms in total. The van der Waals surface area contributed by atoms with Crippen molar-refractivity contribution in [2.75, 3.05) is 32.7 Å². The SMILES string of the molecule is CCNC(=NCCNC(=O)c1ccco1)N1CCC(CC(C)C)C1.I. The van der Waals surface area contributed by atoms with Gasteiger partial charge < -0.3 is 20.0 Å². The normalized spacial score (nSPS) is 17.5. The van der Waals surface area contributed by atoms with Crippen LogP contribution in [0.5, 0.6) is 0 Å². The zero-order valence-electron chi connectivity index (χ0n) is 15.5. The summed E-state index contributed by atoms with van der Waals surface area (Å²) in [7, 11) is 0. The van der Waals surface area contributed by atoms with E-state index in [1.54, 1.807) is 12.1 Å². The summed E-state index contributed by atoms with van der Waals surface area (Å²) < 4.78 is 5.07. The van der Waals surface area contributed by atoms with Crippen LogP contribution < -0.4 is 10.6 Å². The van der Waals surface area contributed by atoms with Gasteiger partial charge in [0.25, 0.3) is 5.91 Å². The van der Waals surface area contributed by atoms with Crippen molar-refractivity contribution in [3.63, 3.8) is 0 Å². The fourth-order valence-corrected chi connectivity index (χ4v) is 3.14.